The van der Waals surface area contributed by atoms with Crippen LogP contribution in [0.2, 0.25) is 0 Å². The van der Waals surface area contributed by atoms with Gasteiger partial charge in [0.2, 0.25) is 0 Å². The molecule has 0 spiro atoms. The van der Waals surface area contributed by atoms with Crippen LogP contribution in [0.3, 0.4) is 0 Å². The van der Waals surface area contributed by atoms with Gasteiger partial charge in [-0.15, -0.1) is 0 Å². The largest absolute Gasteiger partial charge is 0.462 e. The van der Waals surface area contributed by atoms with Gasteiger partial charge in [0.05, 0.1) is 12.2 Å². The summed E-state index contributed by atoms with van der Waals surface area (Å²) >= 11 is 0. The Balaban J connectivity index is 1.85. The average molecular weight is 330 g/mol. The molecule has 1 heterocycles. The molecular weight excluding hydrogens is 300 g/mol. The molecule has 1 unspecified atom stereocenters. The van der Waals surface area contributed by atoms with Crippen LogP contribution < -0.4 is 5.32 Å². The van der Waals surface area contributed by atoms with Crippen LogP contribution in [0.15, 0.2) is 6.20 Å². The fraction of sp³-hybridized carbons (Fsp3) is 0.700. The van der Waals surface area contributed by atoms with E-state index in [1.807, 2.05) is 6.92 Å². The molecule has 1 aromatic rings. The maximum atomic E-state index is 12.2. The Labute approximate surface area is 145 Å². The molecule has 3 rings (SSSR count). The van der Waals surface area contributed by atoms with Gasteiger partial charge in [0, 0.05) is 12.2 Å². The number of carbonyl (C=O) groups excluding carboxylic acids is 1. The van der Waals surface area contributed by atoms with Crippen molar-refractivity contribution in [1.29, 1.82) is 0 Å². The fourth-order valence-electron chi connectivity index (χ4n) is 4.27. The predicted molar refractivity (Wildman–Crippen MR) is 96.5 cm³/mol. The Hall–Kier alpha value is -1.58. The van der Waals surface area contributed by atoms with Crippen LogP contribution in [0.5, 0.6) is 0 Å². The summed E-state index contributed by atoms with van der Waals surface area (Å²) in [6.07, 6.45) is 11.0. The number of nitrogens with one attached hydrogen (secondary N) is 1. The molecule has 0 radical (unpaired) electrons. The molecule has 4 nitrogen and oxygen atoms in total. The Kier molecular flexibility index (Phi) is 5.12. The highest BCUT2D eigenvalue weighted by Crippen LogP contribution is 2.37. The van der Waals surface area contributed by atoms with Crippen molar-refractivity contribution in [2.24, 2.45) is 5.41 Å². The highest BCUT2D eigenvalue weighted by atomic mass is 16.5. The van der Waals surface area contributed by atoms with Crippen molar-refractivity contribution in [3.05, 3.63) is 22.9 Å². The number of nitrogens with zero attached hydrogens (tertiary/aromatic N) is 1. The summed E-state index contributed by atoms with van der Waals surface area (Å²) in [6.45, 7) is 6.96. The Morgan fingerprint density at radius 3 is 2.75 bits per heavy atom. The van der Waals surface area contributed by atoms with E-state index < -0.39 is 0 Å². The van der Waals surface area contributed by atoms with Gasteiger partial charge < -0.3 is 10.1 Å². The van der Waals surface area contributed by atoms with Crippen LogP contribution in [-0.2, 0) is 17.6 Å². The smallest absolute Gasteiger partial charge is 0.339 e. The fourth-order valence-corrected chi connectivity index (χ4v) is 4.27. The van der Waals surface area contributed by atoms with E-state index in [0.717, 1.165) is 30.6 Å². The van der Waals surface area contributed by atoms with E-state index in [-0.39, 0.29) is 5.97 Å². The average Bonchev–Trinajstić information content (AvgIpc) is 2.54. The number of ether oxygens (including phenoxy) is 1. The summed E-state index contributed by atoms with van der Waals surface area (Å²) in [5.41, 5.74) is 3.48. The normalized spacial score (nSPS) is 22.5. The molecule has 1 atom stereocenters. The number of carbonyl (C=O) groups is 1. The van der Waals surface area contributed by atoms with E-state index >= 15 is 0 Å². The zero-order valence-electron chi connectivity index (χ0n) is 15.3. The summed E-state index contributed by atoms with van der Waals surface area (Å²) in [6, 6.07) is 0.487. The molecule has 0 amide bonds. The molecule has 2 aliphatic carbocycles. The lowest BCUT2D eigenvalue weighted by molar-refractivity contribution is 0.0524. The number of fused-ring (bicyclic) bond motifs is 1. The first kappa shape index (κ1) is 17.2. The second-order valence-corrected chi connectivity index (χ2v) is 8.01. The van der Waals surface area contributed by atoms with Crippen LogP contribution >= 0.6 is 0 Å². The van der Waals surface area contributed by atoms with Crippen LogP contribution in [0, 0.1) is 5.41 Å². The molecule has 0 aromatic carbocycles. The van der Waals surface area contributed by atoms with Gasteiger partial charge in [-0.1, -0.05) is 20.3 Å². The highest BCUT2D eigenvalue weighted by molar-refractivity contribution is 5.91. The topological polar surface area (TPSA) is 51.2 Å². The van der Waals surface area contributed by atoms with Crippen molar-refractivity contribution >= 4 is 11.8 Å². The summed E-state index contributed by atoms with van der Waals surface area (Å²) in [5.74, 6) is 0.772. The Morgan fingerprint density at radius 1 is 1.29 bits per heavy atom. The standard InChI is InChI=1S/C20H30N2O2/c1-4-24-19(23)17-13-21-18(16-10-6-5-9-15(16)17)22-14-8-7-11-20(2,3)12-14/h13-14H,4-12H2,1-3H3,(H,21,22). The number of pyridine rings is 1. The van der Waals surface area contributed by atoms with E-state index in [4.69, 9.17) is 4.74 Å². The van der Waals surface area contributed by atoms with E-state index in [2.05, 4.69) is 24.1 Å². The van der Waals surface area contributed by atoms with Gasteiger partial charge in [0.15, 0.2) is 0 Å². The first-order valence-corrected chi connectivity index (χ1v) is 9.44. The second-order valence-electron chi connectivity index (χ2n) is 8.01. The summed E-state index contributed by atoms with van der Waals surface area (Å²) in [4.78, 5) is 16.8. The quantitative estimate of drug-likeness (QED) is 0.825. The Morgan fingerprint density at radius 2 is 2.04 bits per heavy atom. The third kappa shape index (κ3) is 3.73. The van der Waals surface area contributed by atoms with E-state index in [0.29, 0.717) is 23.6 Å². The van der Waals surface area contributed by atoms with Crippen molar-refractivity contribution in [2.75, 3.05) is 11.9 Å². The maximum Gasteiger partial charge on any atom is 0.339 e. The van der Waals surface area contributed by atoms with Crippen molar-refractivity contribution in [1.82, 2.24) is 4.98 Å². The molecule has 132 valence electrons. The van der Waals surface area contributed by atoms with Crippen LogP contribution in [0.25, 0.3) is 0 Å². The SMILES string of the molecule is CCOC(=O)c1cnc(NC2CCCC(C)(C)C2)c2c1CCCC2. The van der Waals surface area contributed by atoms with Crippen LogP contribution in [-0.4, -0.2) is 23.6 Å². The molecule has 0 bridgehead atoms. The third-order valence-corrected chi connectivity index (χ3v) is 5.44. The van der Waals surface area contributed by atoms with Crippen molar-refractivity contribution < 1.29 is 9.53 Å². The number of hydrogen-bond acceptors (Lipinski definition) is 4. The van der Waals surface area contributed by atoms with Crippen LogP contribution in [0.4, 0.5) is 5.82 Å². The molecular formula is C20H30N2O2. The highest BCUT2D eigenvalue weighted by Gasteiger charge is 2.29. The molecule has 1 fully saturated rings. The third-order valence-electron chi connectivity index (χ3n) is 5.44. The van der Waals surface area contributed by atoms with Gasteiger partial charge in [-0.25, -0.2) is 9.78 Å². The molecule has 0 aliphatic heterocycles. The maximum absolute atomic E-state index is 12.2. The molecule has 0 saturated heterocycles. The summed E-state index contributed by atoms with van der Waals surface area (Å²) < 4.78 is 5.21. The van der Waals surface area contributed by atoms with Crippen molar-refractivity contribution in [3.63, 3.8) is 0 Å². The first-order valence-electron chi connectivity index (χ1n) is 9.44. The lowest BCUT2D eigenvalue weighted by Gasteiger charge is -2.36. The minimum atomic E-state index is -0.228. The van der Waals surface area contributed by atoms with E-state index in [1.54, 1.807) is 6.20 Å². The van der Waals surface area contributed by atoms with Crippen molar-refractivity contribution in [2.45, 2.75) is 78.2 Å². The minimum absolute atomic E-state index is 0.228. The Bertz CT molecular complexity index is 610. The molecule has 24 heavy (non-hydrogen) atoms. The van der Waals surface area contributed by atoms with E-state index in [1.165, 1.54) is 37.7 Å². The number of aromatic nitrogens is 1. The molecule has 1 N–H and O–H groups in total. The van der Waals surface area contributed by atoms with Gasteiger partial charge in [-0.2, -0.15) is 0 Å². The lowest BCUT2D eigenvalue weighted by atomic mass is 9.75. The molecule has 1 aromatic heterocycles. The van der Waals surface area contributed by atoms with Gasteiger partial charge in [-0.05, 0) is 68.4 Å². The number of rotatable bonds is 4. The summed E-state index contributed by atoms with van der Waals surface area (Å²) in [5, 5.41) is 3.70. The monoisotopic (exact) mass is 330 g/mol. The minimum Gasteiger partial charge on any atom is -0.462 e. The zero-order valence-corrected chi connectivity index (χ0v) is 15.3. The molecule has 2 aliphatic rings. The lowest BCUT2D eigenvalue weighted by Crippen LogP contribution is -2.32. The predicted octanol–water partition coefficient (Wildman–Crippen LogP) is 4.52. The number of hydrogen-bond donors (Lipinski definition) is 1. The molecule has 1 saturated carbocycles. The second kappa shape index (κ2) is 7.12. The van der Waals surface area contributed by atoms with Gasteiger partial charge >= 0.3 is 5.97 Å². The van der Waals surface area contributed by atoms with E-state index in [9.17, 15) is 4.79 Å². The first-order chi connectivity index (χ1) is 11.5. The summed E-state index contributed by atoms with van der Waals surface area (Å²) in [7, 11) is 0. The van der Waals surface area contributed by atoms with Gasteiger partial charge in [0.1, 0.15) is 5.82 Å². The van der Waals surface area contributed by atoms with Crippen molar-refractivity contribution in [3.8, 4) is 0 Å². The van der Waals surface area contributed by atoms with Crippen LogP contribution in [0.1, 0.15) is 80.8 Å². The zero-order chi connectivity index (χ0) is 17.2. The van der Waals surface area contributed by atoms with Gasteiger partial charge in [0.25, 0.3) is 0 Å². The van der Waals surface area contributed by atoms with Gasteiger partial charge in [-0.3, -0.25) is 0 Å². The number of anilines is 1. The molecule has 4 heteroatoms. The number of esters is 1.